The van der Waals surface area contributed by atoms with Crippen molar-refractivity contribution in [3.8, 4) is 5.75 Å². The third kappa shape index (κ3) is 1.56. The fourth-order valence-electron chi connectivity index (χ4n) is 6.23. The zero-order valence-corrected chi connectivity index (χ0v) is 15.4. The Kier molecular flexibility index (Phi) is 2.89. The quantitative estimate of drug-likeness (QED) is 0.652. The first-order valence-electron chi connectivity index (χ1n) is 9.53. The first kappa shape index (κ1) is 16.5. The molecule has 6 atom stereocenters. The molecule has 7 heteroatoms. The molecule has 144 valence electrons. The van der Waals surface area contributed by atoms with Crippen molar-refractivity contribution >= 4 is 16.8 Å². The Morgan fingerprint density at radius 2 is 2.21 bits per heavy atom. The van der Waals surface area contributed by atoms with Crippen LogP contribution in [0.25, 0.3) is 10.9 Å². The number of carbonyl (C=O) groups is 1. The van der Waals surface area contributed by atoms with E-state index in [0.717, 1.165) is 22.2 Å². The van der Waals surface area contributed by atoms with Gasteiger partial charge in [-0.25, -0.2) is 4.98 Å². The molecule has 1 aromatic heterocycles. The second-order valence-corrected chi connectivity index (χ2v) is 8.36. The van der Waals surface area contributed by atoms with Crippen LogP contribution in [-0.2, 0) is 5.41 Å². The van der Waals surface area contributed by atoms with Crippen LogP contribution in [0.5, 0.6) is 5.75 Å². The highest BCUT2D eigenvalue weighted by Gasteiger charge is 2.86. The molecule has 28 heavy (non-hydrogen) atoms. The summed E-state index contributed by atoms with van der Waals surface area (Å²) in [6, 6.07) is 7.15. The van der Waals surface area contributed by atoms with Gasteiger partial charge in [-0.05, 0) is 36.2 Å². The van der Waals surface area contributed by atoms with Crippen molar-refractivity contribution in [2.75, 3.05) is 13.7 Å². The zero-order valence-electron chi connectivity index (χ0n) is 15.4. The van der Waals surface area contributed by atoms with Crippen molar-refractivity contribution in [3.05, 3.63) is 48.2 Å². The maximum Gasteiger partial charge on any atom is 0.270 e. The molecule has 1 aliphatic carbocycles. The molecule has 4 heterocycles. The molecule has 7 nitrogen and oxygen atoms in total. The van der Waals surface area contributed by atoms with E-state index in [1.165, 1.54) is 0 Å². The number of nitrogens with one attached hydrogen (secondary N) is 1. The maximum absolute atomic E-state index is 12.8. The van der Waals surface area contributed by atoms with E-state index in [9.17, 15) is 15.0 Å². The number of fused-ring (bicyclic) bond motifs is 2. The van der Waals surface area contributed by atoms with Crippen LogP contribution in [0.3, 0.4) is 0 Å². The van der Waals surface area contributed by atoms with Crippen LogP contribution in [0.2, 0.25) is 0 Å². The second-order valence-electron chi connectivity index (χ2n) is 8.36. The minimum Gasteiger partial charge on any atom is -0.497 e. The SMILES string of the molecule is C=CC1[C@@H](O)C(O)C23CC24c2cc5cc(OC)ccc5nc2C(=O)NC4CN13. The minimum absolute atomic E-state index is 0.123. The normalized spacial score (nSPS) is 40.3. The third-order valence-electron chi connectivity index (χ3n) is 7.47. The number of pyridine rings is 1. The Hall–Kier alpha value is -2.48. The van der Waals surface area contributed by atoms with Gasteiger partial charge in [0.05, 0.1) is 30.2 Å². The average Bonchev–Trinajstić information content (AvgIpc) is 3.26. The van der Waals surface area contributed by atoms with E-state index in [4.69, 9.17) is 4.74 Å². The summed E-state index contributed by atoms with van der Waals surface area (Å²) in [5.41, 5.74) is 0.965. The van der Waals surface area contributed by atoms with Crippen molar-refractivity contribution in [2.24, 2.45) is 0 Å². The van der Waals surface area contributed by atoms with Crippen LogP contribution in [0.1, 0.15) is 22.5 Å². The molecule has 3 aliphatic heterocycles. The molecule has 2 saturated heterocycles. The number of carbonyl (C=O) groups excluding carboxylic acids is 1. The number of rotatable bonds is 2. The highest BCUT2D eigenvalue weighted by atomic mass is 16.5. The third-order valence-corrected chi connectivity index (χ3v) is 7.47. The second kappa shape index (κ2) is 4.92. The van der Waals surface area contributed by atoms with Gasteiger partial charge in [-0.2, -0.15) is 0 Å². The number of aliphatic hydroxyl groups is 2. The summed E-state index contributed by atoms with van der Waals surface area (Å²) in [5, 5.41) is 25.6. The van der Waals surface area contributed by atoms with Gasteiger partial charge in [-0.15, -0.1) is 6.58 Å². The van der Waals surface area contributed by atoms with E-state index in [1.54, 1.807) is 13.2 Å². The maximum atomic E-state index is 12.8. The number of aromatic nitrogens is 1. The van der Waals surface area contributed by atoms with Crippen molar-refractivity contribution in [2.45, 2.75) is 41.7 Å². The van der Waals surface area contributed by atoms with Gasteiger partial charge in [0.1, 0.15) is 23.7 Å². The van der Waals surface area contributed by atoms with Crippen molar-refractivity contribution in [1.29, 1.82) is 0 Å². The first-order chi connectivity index (χ1) is 13.5. The Bertz CT molecular complexity index is 1070. The number of hydrogen-bond donors (Lipinski definition) is 3. The molecule has 0 bridgehead atoms. The van der Waals surface area contributed by atoms with E-state index in [1.807, 2.05) is 24.3 Å². The highest BCUT2D eigenvalue weighted by Crippen LogP contribution is 2.73. The molecule has 0 radical (unpaired) electrons. The number of nitrogens with zero attached hydrogens (tertiary/aromatic N) is 2. The summed E-state index contributed by atoms with van der Waals surface area (Å²) in [4.78, 5) is 19.6. The topological polar surface area (TPSA) is 94.9 Å². The number of methoxy groups -OCH3 is 1. The molecular formula is C21H21N3O4. The molecule has 1 amide bonds. The lowest BCUT2D eigenvalue weighted by Gasteiger charge is -2.33. The molecule has 1 saturated carbocycles. The van der Waals surface area contributed by atoms with Gasteiger partial charge in [0.2, 0.25) is 0 Å². The predicted octanol–water partition coefficient (Wildman–Crippen LogP) is 0.341. The van der Waals surface area contributed by atoms with Crippen LogP contribution < -0.4 is 10.1 Å². The monoisotopic (exact) mass is 379 g/mol. The molecule has 3 fully saturated rings. The summed E-state index contributed by atoms with van der Waals surface area (Å²) >= 11 is 0. The van der Waals surface area contributed by atoms with Gasteiger partial charge in [-0.3, -0.25) is 9.69 Å². The van der Waals surface area contributed by atoms with Crippen LogP contribution in [0.15, 0.2) is 36.9 Å². The molecule has 1 aromatic carbocycles. The van der Waals surface area contributed by atoms with Gasteiger partial charge >= 0.3 is 0 Å². The number of ether oxygens (including phenoxy) is 1. The number of amides is 1. The molecule has 6 rings (SSSR count). The molecule has 2 aromatic rings. The lowest BCUT2D eigenvalue weighted by atomic mass is 9.80. The standard InChI is InChI=1S/C21H21N3O4/c1-3-14-17(25)18(26)21-9-20(21)12-7-10-6-11(28-2)4-5-13(10)22-16(12)19(27)23-15(20)8-24(14)21/h3-7,14-15,17-18,25-26H,1,8-9H2,2H3,(H,23,27)/t14?,15?,17-,18?,20?,21?/m1/s1. The van der Waals surface area contributed by atoms with Gasteiger partial charge in [0.25, 0.3) is 5.91 Å². The summed E-state index contributed by atoms with van der Waals surface area (Å²) in [7, 11) is 1.62. The van der Waals surface area contributed by atoms with Crippen LogP contribution >= 0.6 is 0 Å². The van der Waals surface area contributed by atoms with Crippen molar-refractivity contribution < 1.29 is 19.7 Å². The largest absolute Gasteiger partial charge is 0.497 e. The fourth-order valence-corrected chi connectivity index (χ4v) is 6.23. The average molecular weight is 379 g/mol. The van der Waals surface area contributed by atoms with Crippen LogP contribution in [0.4, 0.5) is 0 Å². The summed E-state index contributed by atoms with van der Waals surface area (Å²) in [5.74, 6) is 0.543. The van der Waals surface area contributed by atoms with Gasteiger partial charge in [0.15, 0.2) is 0 Å². The Morgan fingerprint density at radius 3 is 2.96 bits per heavy atom. The highest BCUT2D eigenvalue weighted by molar-refractivity contribution is 6.00. The lowest BCUT2D eigenvalue weighted by molar-refractivity contribution is 0.0234. The number of piperidine rings is 1. The number of aliphatic hydroxyl groups excluding tert-OH is 2. The summed E-state index contributed by atoms with van der Waals surface area (Å²) < 4.78 is 5.34. The van der Waals surface area contributed by atoms with Crippen LogP contribution in [-0.4, -0.2) is 69.5 Å². The number of hydrogen-bond acceptors (Lipinski definition) is 6. The lowest BCUT2D eigenvalue weighted by Crippen LogP contribution is -2.52. The summed E-state index contributed by atoms with van der Waals surface area (Å²) in [6.07, 6.45) is 0.590. The van der Waals surface area contributed by atoms with Gasteiger partial charge in [0, 0.05) is 17.3 Å². The zero-order chi connectivity index (χ0) is 19.4. The van der Waals surface area contributed by atoms with E-state index in [0.29, 0.717) is 18.7 Å². The molecule has 4 aliphatic rings. The minimum atomic E-state index is -0.899. The van der Waals surface area contributed by atoms with Gasteiger partial charge in [-0.1, -0.05) is 6.08 Å². The fraction of sp³-hybridized carbons (Fsp3) is 0.429. The van der Waals surface area contributed by atoms with Crippen LogP contribution in [0, 0.1) is 0 Å². The number of benzene rings is 1. The van der Waals surface area contributed by atoms with E-state index >= 15 is 0 Å². The Labute approximate surface area is 161 Å². The Balaban J connectivity index is 1.59. The molecule has 5 unspecified atom stereocenters. The van der Waals surface area contributed by atoms with Crippen molar-refractivity contribution in [3.63, 3.8) is 0 Å². The van der Waals surface area contributed by atoms with E-state index < -0.39 is 23.2 Å². The Morgan fingerprint density at radius 1 is 1.39 bits per heavy atom. The molecule has 2 spiro atoms. The van der Waals surface area contributed by atoms with Gasteiger partial charge < -0.3 is 20.3 Å². The van der Waals surface area contributed by atoms with Crippen molar-refractivity contribution in [1.82, 2.24) is 15.2 Å². The predicted molar refractivity (Wildman–Crippen MR) is 101 cm³/mol. The first-order valence-corrected chi connectivity index (χ1v) is 9.53. The van der Waals surface area contributed by atoms with E-state index in [2.05, 4.69) is 21.8 Å². The molecule has 3 N–H and O–H groups in total. The summed E-state index contributed by atoms with van der Waals surface area (Å²) in [6.45, 7) is 4.42. The van der Waals surface area contributed by atoms with E-state index in [-0.39, 0.29) is 18.0 Å². The smallest absolute Gasteiger partial charge is 0.270 e. The molecular weight excluding hydrogens is 358 g/mol.